The summed E-state index contributed by atoms with van der Waals surface area (Å²) in [6.45, 7) is 7.50. The fourth-order valence-electron chi connectivity index (χ4n) is 2.41. The number of methoxy groups -OCH3 is 1. The summed E-state index contributed by atoms with van der Waals surface area (Å²) in [4.78, 5) is 0. The van der Waals surface area contributed by atoms with E-state index in [1.807, 2.05) is 42.5 Å². The highest BCUT2D eigenvalue weighted by Gasteiger charge is 2.10. The van der Waals surface area contributed by atoms with Gasteiger partial charge in [0.15, 0.2) is 0 Å². The van der Waals surface area contributed by atoms with Gasteiger partial charge in [-0.15, -0.1) is 13.2 Å². The van der Waals surface area contributed by atoms with Gasteiger partial charge in [-0.2, -0.15) is 0 Å². The molecule has 2 aromatic carbocycles. The first-order valence-corrected chi connectivity index (χ1v) is 6.91. The van der Waals surface area contributed by atoms with Crippen LogP contribution in [-0.4, -0.2) is 12.2 Å². The molecule has 0 saturated heterocycles. The van der Waals surface area contributed by atoms with E-state index in [0.717, 1.165) is 34.4 Å². The largest absolute Gasteiger partial charge is 0.507 e. The molecule has 0 aliphatic rings. The third-order valence-electron chi connectivity index (χ3n) is 3.44. The van der Waals surface area contributed by atoms with Crippen molar-refractivity contribution in [3.05, 3.63) is 72.8 Å². The Bertz CT molecular complexity index is 657. The summed E-state index contributed by atoms with van der Waals surface area (Å²) in [5.74, 6) is 1.15. The van der Waals surface area contributed by atoms with Crippen molar-refractivity contribution in [1.29, 1.82) is 0 Å². The van der Waals surface area contributed by atoms with Gasteiger partial charge in [0.2, 0.25) is 0 Å². The van der Waals surface area contributed by atoms with Gasteiger partial charge in [-0.3, -0.25) is 0 Å². The lowest BCUT2D eigenvalue weighted by Gasteiger charge is -2.12. The highest BCUT2D eigenvalue weighted by atomic mass is 16.5. The van der Waals surface area contributed by atoms with Gasteiger partial charge in [0.05, 0.1) is 7.11 Å². The van der Waals surface area contributed by atoms with Crippen molar-refractivity contribution in [2.24, 2.45) is 0 Å². The van der Waals surface area contributed by atoms with E-state index in [1.54, 1.807) is 13.2 Å². The molecule has 2 aromatic rings. The van der Waals surface area contributed by atoms with Gasteiger partial charge in [-0.05, 0) is 41.7 Å². The molecule has 0 saturated carbocycles. The molecule has 0 radical (unpaired) electrons. The Labute approximate surface area is 126 Å². The molecule has 0 spiro atoms. The number of para-hydroxylation sites is 1. The molecule has 0 fully saturated rings. The molecule has 1 N–H and O–H groups in total. The van der Waals surface area contributed by atoms with E-state index in [2.05, 4.69) is 13.2 Å². The van der Waals surface area contributed by atoms with Crippen molar-refractivity contribution in [3.8, 4) is 22.6 Å². The highest BCUT2D eigenvalue weighted by molar-refractivity contribution is 5.73. The second-order valence-corrected chi connectivity index (χ2v) is 4.83. The van der Waals surface area contributed by atoms with E-state index in [9.17, 15) is 5.11 Å². The number of hydrogen-bond acceptors (Lipinski definition) is 2. The number of hydrogen-bond donors (Lipinski definition) is 1. The molecule has 0 unspecified atom stereocenters. The number of phenols is 1. The van der Waals surface area contributed by atoms with E-state index in [1.165, 1.54) is 0 Å². The Morgan fingerprint density at radius 3 is 2.43 bits per heavy atom. The maximum Gasteiger partial charge on any atom is 0.126 e. The SMILES string of the molecule is C=CCc1cc(-c2cccc(CC=C)c2O)ccc1OC. The van der Waals surface area contributed by atoms with E-state index >= 15 is 0 Å². The molecule has 0 atom stereocenters. The first-order valence-electron chi connectivity index (χ1n) is 6.91. The minimum Gasteiger partial charge on any atom is -0.507 e. The van der Waals surface area contributed by atoms with Gasteiger partial charge >= 0.3 is 0 Å². The van der Waals surface area contributed by atoms with Gasteiger partial charge in [-0.25, -0.2) is 0 Å². The normalized spacial score (nSPS) is 10.1. The van der Waals surface area contributed by atoms with E-state index in [-0.39, 0.29) is 0 Å². The van der Waals surface area contributed by atoms with Crippen LogP contribution in [0.3, 0.4) is 0 Å². The van der Waals surface area contributed by atoms with Crippen LogP contribution in [0.4, 0.5) is 0 Å². The maximum atomic E-state index is 10.4. The zero-order valence-corrected chi connectivity index (χ0v) is 12.3. The Balaban J connectivity index is 2.51. The molecule has 0 aliphatic carbocycles. The van der Waals surface area contributed by atoms with Gasteiger partial charge in [0, 0.05) is 5.56 Å². The first-order chi connectivity index (χ1) is 10.2. The predicted octanol–water partition coefficient (Wildman–Crippen LogP) is 4.52. The number of allylic oxidation sites excluding steroid dienone is 2. The highest BCUT2D eigenvalue weighted by Crippen LogP contribution is 2.35. The molecule has 2 heteroatoms. The number of benzene rings is 2. The molecular formula is C19H20O2. The number of rotatable bonds is 6. The molecule has 0 amide bonds. The zero-order chi connectivity index (χ0) is 15.2. The van der Waals surface area contributed by atoms with E-state index in [0.29, 0.717) is 12.2 Å². The summed E-state index contributed by atoms with van der Waals surface area (Å²) in [7, 11) is 1.66. The second-order valence-electron chi connectivity index (χ2n) is 4.83. The molecule has 0 heterocycles. The molecule has 0 aromatic heterocycles. The van der Waals surface area contributed by atoms with Crippen LogP contribution >= 0.6 is 0 Å². The van der Waals surface area contributed by atoms with Crippen molar-refractivity contribution in [1.82, 2.24) is 0 Å². The zero-order valence-electron chi connectivity index (χ0n) is 12.3. The number of ether oxygens (including phenoxy) is 1. The van der Waals surface area contributed by atoms with Gasteiger partial charge in [0.1, 0.15) is 11.5 Å². The third kappa shape index (κ3) is 3.16. The maximum absolute atomic E-state index is 10.4. The Hall–Kier alpha value is -2.48. The van der Waals surface area contributed by atoms with Gasteiger partial charge < -0.3 is 9.84 Å². The van der Waals surface area contributed by atoms with Crippen molar-refractivity contribution >= 4 is 0 Å². The lowest BCUT2D eigenvalue weighted by Crippen LogP contribution is -1.92. The Morgan fingerprint density at radius 2 is 1.76 bits per heavy atom. The molecular weight excluding hydrogens is 260 g/mol. The van der Waals surface area contributed by atoms with E-state index in [4.69, 9.17) is 4.74 Å². The fourth-order valence-corrected chi connectivity index (χ4v) is 2.41. The summed E-state index contributed by atoms with van der Waals surface area (Å²) >= 11 is 0. The summed E-state index contributed by atoms with van der Waals surface area (Å²) in [6.07, 6.45) is 5.01. The molecule has 108 valence electrons. The monoisotopic (exact) mass is 280 g/mol. The lowest BCUT2D eigenvalue weighted by atomic mass is 9.97. The topological polar surface area (TPSA) is 29.5 Å². The standard InChI is InChI=1S/C19H20O2/c1-4-7-14-9-6-10-17(19(14)20)15-11-12-18(21-3)16(13-15)8-5-2/h4-6,9-13,20H,1-2,7-8H2,3H3. The van der Waals surface area contributed by atoms with Gasteiger partial charge in [0.25, 0.3) is 0 Å². The van der Waals surface area contributed by atoms with Crippen molar-refractivity contribution in [3.63, 3.8) is 0 Å². The molecule has 21 heavy (non-hydrogen) atoms. The summed E-state index contributed by atoms with van der Waals surface area (Å²) in [6, 6.07) is 11.7. The number of aromatic hydroxyl groups is 1. The first kappa shape index (κ1) is 14.9. The van der Waals surface area contributed by atoms with Crippen LogP contribution in [0.5, 0.6) is 11.5 Å². The van der Waals surface area contributed by atoms with Crippen LogP contribution in [0.15, 0.2) is 61.7 Å². The average Bonchev–Trinajstić information content (AvgIpc) is 2.50. The van der Waals surface area contributed by atoms with E-state index < -0.39 is 0 Å². The second kappa shape index (κ2) is 6.80. The van der Waals surface area contributed by atoms with Crippen LogP contribution in [0.25, 0.3) is 11.1 Å². The summed E-state index contributed by atoms with van der Waals surface area (Å²) in [5, 5.41) is 10.4. The summed E-state index contributed by atoms with van der Waals surface area (Å²) in [5.41, 5.74) is 3.72. The van der Waals surface area contributed by atoms with Crippen molar-refractivity contribution in [2.45, 2.75) is 12.8 Å². The molecule has 0 aliphatic heterocycles. The predicted molar refractivity (Wildman–Crippen MR) is 87.9 cm³/mol. The summed E-state index contributed by atoms with van der Waals surface area (Å²) < 4.78 is 5.36. The van der Waals surface area contributed by atoms with Gasteiger partial charge in [-0.1, -0.05) is 36.4 Å². The number of phenolic OH excluding ortho intramolecular Hbond substituents is 1. The van der Waals surface area contributed by atoms with Crippen molar-refractivity contribution < 1.29 is 9.84 Å². The van der Waals surface area contributed by atoms with Crippen LogP contribution in [0.2, 0.25) is 0 Å². The smallest absolute Gasteiger partial charge is 0.126 e. The Morgan fingerprint density at radius 1 is 1.05 bits per heavy atom. The van der Waals surface area contributed by atoms with Crippen LogP contribution in [0.1, 0.15) is 11.1 Å². The minimum absolute atomic E-state index is 0.312. The lowest BCUT2D eigenvalue weighted by molar-refractivity contribution is 0.411. The minimum atomic E-state index is 0.312. The Kier molecular flexibility index (Phi) is 4.83. The van der Waals surface area contributed by atoms with Crippen LogP contribution in [0, 0.1) is 0 Å². The third-order valence-corrected chi connectivity index (χ3v) is 3.44. The molecule has 2 nitrogen and oxygen atoms in total. The van der Waals surface area contributed by atoms with Crippen molar-refractivity contribution in [2.75, 3.05) is 7.11 Å². The average molecular weight is 280 g/mol. The van der Waals surface area contributed by atoms with Crippen LogP contribution < -0.4 is 4.74 Å². The quantitative estimate of drug-likeness (QED) is 0.788. The molecule has 0 bridgehead atoms. The molecule has 2 rings (SSSR count). The van der Waals surface area contributed by atoms with Crippen LogP contribution in [-0.2, 0) is 12.8 Å². The fraction of sp³-hybridized carbons (Fsp3) is 0.158.